The van der Waals surface area contributed by atoms with E-state index in [0.717, 1.165) is 18.6 Å². The zero-order valence-corrected chi connectivity index (χ0v) is 11.3. The highest BCUT2D eigenvalue weighted by Crippen LogP contribution is 2.51. The average Bonchev–Trinajstić information content (AvgIpc) is 2.31. The molecule has 0 bridgehead atoms. The monoisotopic (exact) mass is 305 g/mol. The zero-order chi connectivity index (χ0) is 15.0. The van der Waals surface area contributed by atoms with E-state index in [4.69, 9.17) is 16.3 Å². The molecule has 0 N–H and O–H groups in total. The van der Waals surface area contributed by atoms with E-state index in [9.17, 15) is 18.0 Å². The van der Waals surface area contributed by atoms with Gasteiger partial charge in [0.15, 0.2) is 0 Å². The number of rotatable bonds is 3. The molecule has 1 fully saturated rings. The normalized spacial score (nSPS) is 17.1. The molecule has 0 unspecified atom stereocenters. The Morgan fingerprint density at radius 3 is 2.45 bits per heavy atom. The van der Waals surface area contributed by atoms with E-state index in [1.165, 1.54) is 13.2 Å². The van der Waals surface area contributed by atoms with E-state index in [-0.39, 0.29) is 16.3 Å². The van der Waals surface area contributed by atoms with Gasteiger partial charge in [0.2, 0.25) is 6.08 Å². The van der Waals surface area contributed by atoms with Gasteiger partial charge in [0, 0.05) is 5.56 Å². The van der Waals surface area contributed by atoms with Crippen molar-refractivity contribution in [3.63, 3.8) is 0 Å². The van der Waals surface area contributed by atoms with Crippen molar-refractivity contribution in [1.82, 2.24) is 0 Å². The van der Waals surface area contributed by atoms with Crippen LogP contribution in [-0.4, -0.2) is 13.2 Å². The van der Waals surface area contributed by atoms with Crippen molar-refractivity contribution in [1.29, 1.82) is 0 Å². The summed E-state index contributed by atoms with van der Waals surface area (Å²) >= 11 is 5.86. The van der Waals surface area contributed by atoms with Crippen LogP contribution in [0.2, 0.25) is 5.02 Å². The van der Waals surface area contributed by atoms with E-state index >= 15 is 0 Å². The first kappa shape index (κ1) is 14.9. The zero-order valence-electron chi connectivity index (χ0n) is 10.6. The minimum atomic E-state index is -4.53. The molecule has 20 heavy (non-hydrogen) atoms. The van der Waals surface area contributed by atoms with Crippen LogP contribution in [0.5, 0.6) is 5.75 Å². The maximum atomic E-state index is 12.9. The first-order valence-electron chi connectivity index (χ1n) is 5.88. The molecule has 3 nitrogen and oxygen atoms in total. The molecule has 108 valence electrons. The van der Waals surface area contributed by atoms with Gasteiger partial charge in [-0.2, -0.15) is 18.2 Å². The van der Waals surface area contributed by atoms with Crippen molar-refractivity contribution in [2.45, 2.75) is 31.0 Å². The molecular formula is C13H11ClF3NO2. The Kier molecular flexibility index (Phi) is 3.80. The fraction of sp³-hybridized carbons (Fsp3) is 0.462. The molecule has 0 aliphatic heterocycles. The van der Waals surface area contributed by atoms with Crippen molar-refractivity contribution in [3.05, 3.63) is 28.3 Å². The predicted octanol–water partition coefficient (Wildman–Crippen LogP) is 4.08. The largest absolute Gasteiger partial charge is 0.495 e. The molecule has 0 aromatic heterocycles. The van der Waals surface area contributed by atoms with Crippen molar-refractivity contribution >= 4 is 17.7 Å². The lowest BCUT2D eigenvalue weighted by molar-refractivity contribution is -0.137. The van der Waals surface area contributed by atoms with Gasteiger partial charge in [0.25, 0.3) is 0 Å². The first-order chi connectivity index (χ1) is 9.34. The van der Waals surface area contributed by atoms with Crippen molar-refractivity contribution in [2.24, 2.45) is 4.99 Å². The number of ether oxygens (including phenoxy) is 1. The number of carbonyl (C=O) groups excluding carboxylic acids is 1. The summed E-state index contributed by atoms with van der Waals surface area (Å²) in [7, 11) is 1.31. The van der Waals surface area contributed by atoms with Crippen LogP contribution < -0.4 is 4.74 Å². The fourth-order valence-electron chi connectivity index (χ4n) is 2.35. The summed E-state index contributed by atoms with van der Waals surface area (Å²) in [4.78, 5) is 14.3. The Balaban J connectivity index is 2.66. The van der Waals surface area contributed by atoms with Gasteiger partial charge in [0.05, 0.1) is 17.7 Å². The van der Waals surface area contributed by atoms with Gasteiger partial charge < -0.3 is 4.74 Å². The lowest BCUT2D eigenvalue weighted by Gasteiger charge is -2.38. The summed E-state index contributed by atoms with van der Waals surface area (Å²) in [6.07, 6.45) is -1.39. The molecule has 1 aliphatic rings. The smallest absolute Gasteiger partial charge is 0.416 e. The summed E-state index contributed by atoms with van der Waals surface area (Å²) in [6.45, 7) is 0. The van der Waals surface area contributed by atoms with E-state index in [0.29, 0.717) is 12.8 Å². The molecule has 0 heterocycles. The second kappa shape index (κ2) is 5.11. The minimum absolute atomic E-state index is 0.123. The number of hydrogen-bond acceptors (Lipinski definition) is 3. The Morgan fingerprint density at radius 2 is 2.05 bits per heavy atom. The molecule has 0 radical (unpaired) electrons. The van der Waals surface area contributed by atoms with Crippen LogP contribution >= 0.6 is 11.6 Å². The molecule has 2 rings (SSSR count). The number of aliphatic imine (C=N–C) groups is 1. The molecule has 0 spiro atoms. The number of methoxy groups -OCH3 is 1. The Labute approximate surface area is 118 Å². The van der Waals surface area contributed by atoms with E-state index < -0.39 is 17.3 Å². The number of alkyl halides is 3. The van der Waals surface area contributed by atoms with Crippen LogP contribution in [0.1, 0.15) is 30.4 Å². The third-order valence-corrected chi connectivity index (χ3v) is 3.80. The van der Waals surface area contributed by atoms with Crippen LogP contribution in [0.4, 0.5) is 13.2 Å². The van der Waals surface area contributed by atoms with Crippen molar-refractivity contribution < 1.29 is 22.7 Å². The van der Waals surface area contributed by atoms with Gasteiger partial charge in [-0.3, -0.25) is 0 Å². The van der Waals surface area contributed by atoms with Crippen LogP contribution in [0.15, 0.2) is 17.1 Å². The van der Waals surface area contributed by atoms with Gasteiger partial charge >= 0.3 is 6.18 Å². The molecule has 0 amide bonds. The summed E-state index contributed by atoms with van der Waals surface area (Å²) in [5.74, 6) is 0.123. The van der Waals surface area contributed by atoms with E-state index in [1.807, 2.05) is 0 Å². The maximum Gasteiger partial charge on any atom is 0.416 e. The molecule has 1 saturated carbocycles. The SMILES string of the molecule is COc1c(Cl)cc(C(F)(F)F)cc1C1(N=C=O)CCC1. The highest BCUT2D eigenvalue weighted by molar-refractivity contribution is 6.32. The predicted molar refractivity (Wildman–Crippen MR) is 66.7 cm³/mol. The highest BCUT2D eigenvalue weighted by atomic mass is 35.5. The van der Waals surface area contributed by atoms with Gasteiger partial charge in [0.1, 0.15) is 11.3 Å². The van der Waals surface area contributed by atoms with E-state index in [1.54, 1.807) is 0 Å². The lowest BCUT2D eigenvalue weighted by atomic mass is 9.71. The molecule has 0 atom stereocenters. The fourth-order valence-corrected chi connectivity index (χ4v) is 2.65. The van der Waals surface area contributed by atoms with Gasteiger partial charge in [-0.05, 0) is 31.4 Å². The number of hydrogen-bond donors (Lipinski definition) is 0. The van der Waals surface area contributed by atoms with Gasteiger partial charge in [-0.1, -0.05) is 11.6 Å². The molecule has 1 aromatic rings. The Bertz CT molecular complexity index is 576. The summed E-state index contributed by atoms with van der Waals surface area (Å²) in [6, 6.07) is 1.76. The lowest BCUT2D eigenvalue weighted by Crippen LogP contribution is -2.32. The molecule has 0 saturated heterocycles. The standard InChI is InChI=1S/C13H11ClF3NO2/c1-20-11-9(12(18-7-19)3-2-4-12)5-8(6-10(11)14)13(15,16)17/h5-6H,2-4H2,1H3. The van der Waals surface area contributed by atoms with Gasteiger partial charge in [-0.15, -0.1) is 0 Å². The number of nitrogens with zero attached hydrogens (tertiary/aromatic N) is 1. The second-order valence-electron chi connectivity index (χ2n) is 4.62. The Morgan fingerprint density at radius 1 is 1.40 bits per heavy atom. The summed E-state index contributed by atoms with van der Waals surface area (Å²) < 4.78 is 43.7. The number of benzene rings is 1. The third-order valence-electron chi connectivity index (χ3n) is 3.52. The summed E-state index contributed by atoms with van der Waals surface area (Å²) in [5.41, 5.74) is -1.70. The molecule has 7 heteroatoms. The maximum absolute atomic E-state index is 12.9. The topological polar surface area (TPSA) is 38.7 Å². The van der Waals surface area contributed by atoms with E-state index in [2.05, 4.69) is 4.99 Å². The van der Waals surface area contributed by atoms with Crippen LogP contribution in [0.3, 0.4) is 0 Å². The van der Waals surface area contributed by atoms with Crippen LogP contribution in [0.25, 0.3) is 0 Å². The van der Waals surface area contributed by atoms with Crippen molar-refractivity contribution in [2.75, 3.05) is 7.11 Å². The number of isocyanates is 1. The second-order valence-corrected chi connectivity index (χ2v) is 5.03. The highest BCUT2D eigenvalue weighted by Gasteiger charge is 2.43. The number of halogens is 4. The third kappa shape index (κ3) is 2.41. The molecular weight excluding hydrogens is 295 g/mol. The molecule has 1 aromatic carbocycles. The Hall–Kier alpha value is -1.52. The van der Waals surface area contributed by atoms with Crippen LogP contribution in [0, 0.1) is 0 Å². The van der Waals surface area contributed by atoms with Crippen LogP contribution in [-0.2, 0) is 16.5 Å². The minimum Gasteiger partial charge on any atom is -0.495 e. The van der Waals surface area contributed by atoms with Crippen molar-refractivity contribution in [3.8, 4) is 5.75 Å². The average molecular weight is 306 g/mol. The quantitative estimate of drug-likeness (QED) is 0.623. The van der Waals surface area contributed by atoms with Gasteiger partial charge in [-0.25, -0.2) is 4.79 Å². The summed E-state index contributed by atoms with van der Waals surface area (Å²) in [5, 5.41) is -0.148. The molecule has 1 aliphatic carbocycles. The first-order valence-corrected chi connectivity index (χ1v) is 6.26.